The number of hydrogen-bond donors (Lipinski definition) is 1. The number of nitro benzene ring substituents is 1. The third-order valence-corrected chi connectivity index (χ3v) is 2.70. The molecule has 1 aromatic rings. The molecule has 0 saturated carbocycles. The summed E-state index contributed by atoms with van der Waals surface area (Å²) in [5, 5.41) is 13.2. The van der Waals surface area contributed by atoms with Crippen LogP contribution < -0.4 is 5.32 Å². The molecule has 0 atom stereocenters. The summed E-state index contributed by atoms with van der Waals surface area (Å²) in [4.78, 5) is 21.7. The number of halogens is 1. The lowest BCUT2D eigenvalue weighted by molar-refractivity contribution is -0.385. The van der Waals surface area contributed by atoms with Gasteiger partial charge in [-0.25, -0.2) is 4.79 Å². The Morgan fingerprint density at radius 3 is 2.56 bits per heavy atom. The van der Waals surface area contributed by atoms with E-state index in [2.05, 4.69) is 5.32 Å². The molecule has 0 spiro atoms. The normalized spacial score (nSPS) is 10.9. The number of nitro groups is 1. The second kappa shape index (κ2) is 5.51. The molecule has 1 amide bonds. The first-order valence-electron chi connectivity index (χ1n) is 5.13. The standard InChI is InChI=1S/C11H13IN2O4/c1-11(2,3)18-10(15)13-7-4-5-8(12)9(6-7)14(16)17/h4-6H,1-3H3,(H,13,15). The Morgan fingerprint density at radius 2 is 2.06 bits per heavy atom. The van der Waals surface area contributed by atoms with Crippen molar-refractivity contribution in [2.45, 2.75) is 26.4 Å². The number of carbonyl (C=O) groups is 1. The van der Waals surface area contributed by atoms with Crippen molar-refractivity contribution in [2.24, 2.45) is 0 Å². The third kappa shape index (κ3) is 4.47. The molecule has 0 unspecified atom stereocenters. The topological polar surface area (TPSA) is 81.5 Å². The predicted molar refractivity (Wildman–Crippen MR) is 75.7 cm³/mol. The van der Waals surface area contributed by atoms with Crippen LogP contribution >= 0.6 is 22.6 Å². The van der Waals surface area contributed by atoms with Gasteiger partial charge in [-0.15, -0.1) is 0 Å². The van der Waals surface area contributed by atoms with E-state index in [-0.39, 0.29) is 5.69 Å². The van der Waals surface area contributed by atoms with Crippen LogP contribution in [-0.2, 0) is 4.74 Å². The van der Waals surface area contributed by atoms with Crippen LogP contribution in [-0.4, -0.2) is 16.6 Å². The Hall–Kier alpha value is -1.38. The summed E-state index contributed by atoms with van der Waals surface area (Å²) in [7, 11) is 0. The Bertz CT molecular complexity index is 482. The predicted octanol–water partition coefficient (Wildman–Crippen LogP) is 3.55. The molecule has 18 heavy (non-hydrogen) atoms. The van der Waals surface area contributed by atoms with Crippen molar-refractivity contribution in [2.75, 3.05) is 5.32 Å². The fraction of sp³-hybridized carbons (Fsp3) is 0.364. The second-order valence-corrected chi connectivity index (χ2v) is 5.71. The van der Waals surface area contributed by atoms with E-state index in [0.717, 1.165) is 0 Å². The highest BCUT2D eigenvalue weighted by Crippen LogP contribution is 2.24. The van der Waals surface area contributed by atoms with Gasteiger partial charge in [0.05, 0.1) is 14.2 Å². The molecule has 0 aliphatic heterocycles. The summed E-state index contributed by atoms with van der Waals surface area (Å²) in [6, 6.07) is 4.44. The zero-order chi connectivity index (χ0) is 13.9. The minimum Gasteiger partial charge on any atom is -0.444 e. The molecule has 0 heterocycles. The van der Waals surface area contributed by atoms with Gasteiger partial charge >= 0.3 is 6.09 Å². The average molecular weight is 364 g/mol. The van der Waals surface area contributed by atoms with E-state index in [1.807, 2.05) is 22.6 Å². The fourth-order valence-corrected chi connectivity index (χ4v) is 1.68. The van der Waals surface area contributed by atoms with Gasteiger partial charge in [0.2, 0.25) is 0 Å². The molecule has 0 aliphatic carbocycles. The van der Waals surface area contributed by atoms with Crippen LogP contribution in [0.15, 0.2) is 18.2 Å². The highest BCUT2D eigenvalue weighted by atomic mass is 127. The monoisotopic (exact) mass is 364 g/mol. The average Bonchev–Trinajstić information content (AvgIpc) is 2.17. The zero-order valence-corrected chi connectivity index (χ0v) is 12.3. The summed E-state index contributed by atoms with van der Waals surface area (Å²) in [5.74, 6) is 0. The highest BCUT2D eigenvalue weighted by molar-refractivity contribution is 14.1. The van der Waals surface area contributed by atoms with E-state index >= 15 is 0 Å². The van der Waals surface area contributed by atoms with E-state index in [0.29, 0.717) is 9.26 Å². The molecule has 0 saturated heterocycles. The molecular weight excluding hydrogens is 351 g/mol. The number of nitrogens with one attached hydrogen (secondary N) is 1. The van der Waals surface area contributed by atoms with E-state index in [1.165, 1.54) is 6.07 Å². The van der Waals surface area contributed by atoms with Crippen LogP contribution in [0.1, 0.15) is 20.8 Å². The maximum absolute atomic E-state index is 11.5. The van der Waals surface area contributed by atoms with E-state index in [1.54, 1.807) is 32.9 Å². The second-order valence-electron chi connectivity index (χ2n) is 4.55. The first kappa shape index (κ1) is 14.7. The number of benzene rings is 1. The number of carbonyl (C=O) groups excluding carboxylic acids is 1. The molecule has 0 bridgehead atoms. The summed E-state index contributed by atoms with van der Waals surface area (Å²) < 4.78 is 5.56. The van der Waals surface area contributed by atoms with Gasteiger partial charge in [-0.1, -0.05) is 0 Å². The number of amides is 1. The molecule has 1 N–H and O–H groups in total. The van der Waals surface area contributed by atoms with Gasteiger partial charge in [-0.3, -0.25) is 15.4 Å². The summed E-state index contributed by atoms with van der Waals surface area (Å²) in [6.45, 7) is 5.22. The smallest absolute Gasteiger partial charge is 0.412 e. The minimum atomic E-state index is -0.641. The minimum absolute atomic E-state index is 0.0517. The van der Waals surface area contributed by atoms with Gasteiger partial charge in [-0.2, -0.15) is 0 Å². The Labute approximate surface area is 118 Å². The largest absolute Gasteiger partial charge is 0.444 e. The third-order valence-electron chi connectivity index (χ3n) is 1.79. The van der Waals surface area contributed by atoms with Gasteiger partial charge < -0.3 is 4.74 Å². The van der Waals surface area contributed by atoms with E-state index in [4.69, 9.17) is 4.74 Å². The molecule has 0 aromatic heterocycles. The molecule has 0 aliphatic rings. The van der Waals surface area contributed by atoms with Gasteiger partial charge in [0, 0.05) is 6.07 Å². The first-order chi connectivity index (χ1) is 8.19. The van der Waals surface area contributed by atoms with Crippen molar-refractivity contribution in [1.29, 1.82) is 0 Å². The number of nitrogens with zero attached hydrogens (tertiary/aromatic N) is 1. The molecule has 1 aromatic carbocycles. The number of ether oxygens (including phenoxy) is 1. The lowest BCUT2D eigenvalue weighted by Crippen LogP contribution is -2.27. The van der Waals surface area contributed by atoms with Gasteiger partial charge in [-0.05, 0) is 55.5 Å². The van der Waals surface area contributed by atoms with Crippen molar-refractivity contribution in [3.8, 4) is 0 Å². The number of rotatable bonds is 2. The maximum Gasteiger partial charge on any atom is 0.412 e. The number of hydrogen-bond acceptors (Lipinski definition) is 4. The van der Waals surface area contributed by atoms with Crippen LogP contribution in [0, 0.1) is 13.7 Å². The quantitative estimate of drug-likeness (QED) is 0.494. The fourth-order valence-electron chi connectivity index (χ4n) is 1.15. The van der Waals surface area contributed by atoms with E-state index < -0.39 is 16.6 Å². The first-order valence-corrected chi connectivity index (χ1v) is 6.21. The maximum atomic E-state index is 11.5. The lowest BCUT2D eigenvalue weighted by atomic mass is 10.2. The molecule has 0 fully saturated rings. The molecule has 98 valence electrons. The Balaban J connectivity index is 2.83. The molecule has 0 radical (unpaired) electrons. The Kier molecular flexibility index (Phi) is 4.49. The van der Waals surface area contributed by atoms with Crippen molar-refractivity contribution in [1.82, 2.24) is 0 Å². The van der Waals surface area contributed by atoms with Crippen molar-refractivity contribution in [3.05, 3.63) is 31.9 Å². The molecular formula is C11H13IN2O4. The SMILES string of the molecule is CC(C)(C)OC(=O)Nc1ccc(I)c([N+](=O)[O-])c1. The summed E-state index contributed by atoms with van der Waals surface area (Å²) in [6.07, 6.45) is -0.641. The van der Waals surface area contributed by atoms with Gasteiger partial charge in [0.25, 0.3) is 5.69 Å². The van der Waals surface area contributed by atoms with Crippen LogP contribution in [0.3, 0.4) is 0 Å². The van der Waals surface area contributed by atoms with E-state index in [9.17, 15) is 14.9 Å². The lowest BCUT2D eigenvalue weighted by Gasteiger charge is -2.19. The van der Waals surface area contributed by atoms with Crippen LogP contribution in [0.4, 0.5) is 16.2 Å². The van der Waals surface area contributed by atoms with Crippen molar-refractivity contribution >= 4 is 40.1 Å². The van der Waals surface area contributed by atoms with Crippen molar-refractivity contribution < 1.29 is 14.5 Å². The molecule has 7 heteroatoms. The summed E-state index contributed by atoms with van der Waals surface area (Å²) >= 11 is 1.86. The Morgan fingerprint density at radius 1 is 1.44 bits per heavy atom. The number of anilines is 1. The van der Waals surface area contributed by atoms with Crippen LogP contribution in [0.5, 0.6) is 0 Å². The van der Waals surface area contributed by atoms with Crippen LogP contribution in [0.25, 0.3) is 0 Å². The van der Waals surface area contributed by atoms with Gasteiger partial charge in [0.15, 0.2) is 0 Å². The molecule has 6 nitrogen and oxygen atoms in total. The molecule has 1 rings (SSSR count). The zero-order valence-electron chi connectivity index (χ0n) is 10.2. The van der Waals surface area contributed by atoms with Gasteiger partial charge in [0.1, 0.15) is 5.60 Å². The summed E-state index contributed by atoms with van der Waals surface area (Å²) in [5.41, 5.74) is -0.334. The van der Waals surface area contributed by atoms with Crippen molar-refractivity contribution in [3.63, 3.8) is 0 Å². The van der Waals surface area contributed by atoms with Crippen LogP contribution in [0.2, 0.25) is 0 Å². The highest BCUT2D eigenvalue weighted by Gasteiger charge is 2.18.